The molecule has 1 aromatic heterocycles. The molecule has 1 N–H and O–H groups in total. The minimum atomic E-state index is -3.87. The van der Waals surface area contributed by atoms with E-state index in [2.05, 4.69) is 5.32 Å². The number of fused-ring (bicyclic) bond motifs is 1. The molecule has 0 bridgehead atoms. The minimum absolute atomic E-state index is 0.301. The van der Waals surface area contributed by atoms with E-state index >= 15 is 0 Å². The van der Waals surface area contributed by atoms with Gasteiger partial charge in [-0.2, -0.15) is 0 Å². The second kappa shape index (κ2) is 5.42. The molecule has 8 heteroatoms. The van der Waals surface area contributed by atoms with Gasteiger partial charge in [0.25, 0.3) is 10.0 Å². The van der Waals surface area contributed by atoms with Crippen LogP contribution in [0.2, 0.25) is 5.02 Å². The van der Waals surface area contributed by atoms with Crippen LogP contribution in [0.3, 0.4) is 0 Å². The van der Waals surface area contributed by atoms with Crippen molar-refractivity contribution in [1.29, 1.82) is 0 Å². The maximum Gasteiger partial charge on any atom is 0.269 e. The molecule has 0 unspecified atom stereocenters. The van der Waals surface area contributed by atoms with E-state index in [1.165, 1.54) is 24.6 Å². The maximum atomic E-state index is 12.5. The highest BCUT2D eigenvalue weighted by molar-refractivity contribution is 7.97. The molecule has 0 amide bonds. The van der Waals surface area contributed by atoms with Crippen LogP contribution in [0, 0.1) is 0 Å². The number of sulfonamides is 1. The smallest absolute Gasteiger partial charge is 0.269 e. The Labute approximate surface area is 136 Å². The van der Waals surface area contributed by atoms with Gasteiger partial charge in [0.15, 0.2) is 4.91 Å². The van der Waals surface area contributed by atoms with Gasteiger partial charge in [0.1, 0.15) is 4.88 Å². The number of benzene rings is 1. The van der Waals surface area contributed by atoms with Crippen molar-refractivity contribution in [3.63, 3.8) is 0 Å². The van der Waals surface area contributed by atoms with Crippen molar-refractivity contribution in [1.82, 2.24) is 0 Å². The molecule has 3 rings (SSSR count). The third-order valence-electron chi connectivity index (χ3n) is 3.28. The fraction of sp³-hybridized carbons (Fsp3) is 0.0714. The van der Waals surface area contributed by atoms with Gasteiger partial charge in [-0.1, -0.05) is 23.7 Å². The molecular formula is C14H11ClN2O3S2. The highest BCUT2D eigenvalue weighted by Crippen LogP contribution is 2.37. The van der Waals surface area contributed by atoms with E-state index in [9.17, 15) is 13.2 Å². The van der Waals surface area contributed by atoms with Crippen LogP contribution in [0.15, 0.2) is 46.8 Å². The first-order valence-corrected chi connectivity index (χ1v) is 8.95. The predicted octanol–water partition coefficient (Wildman–Crippen LogP) is 3.32. The van der Waals surface area contributed by atoms with Crippen molar-refractivity contribution >= 4 is 50.1 Å². The van der Waals surface area contributed by atoms with E-state index in [0.29, 0.717) is 21.3 Å². The van der Waals surface area contributed by atoms with Gasteiger partial charge >= 0.3 is 0 Å². The lowest BCUT2D eigenvalue weighted by Crippen LogP contribution is -2.35. The Bertz CT molecular complexity index is 887. The number of ketones is 1. The van der Waals surface area contributed by atoms with E-state index in [1.54, 1.807) is 35.7 Å². The third kappa shape index (κ3) is 2.31. The van der Waals surface area contributed by atoms with Gasteiger partial charge in [0.2, 0.25) is 5.78 Å². The number of carbonyl (C=O) groups is 1. The molecule has 1 aliphatic rings. The zero-order chi connectivity index (χ0) is 15.9. The summed E-state index contributed by atoms with van der Waals surface area (Å²) < 4.78 is 26.0. The molecule has 2 heterocycles. The summed E-state index contributed by atoms with van der Waals surface area (Å²) in [7, 11) is -2.44. The van der Waals surface area contributed by atoms with Crippen LogP contribution in [-0.2, 0) is 10.0 Å². The largest absolute Gasteiger partial charge is 0.359 e. The number of thiophene rings is 1. The first-order valence-electron chi connectivity index (χ1n) is 6.25. The second-order valence-electron chi connectivity index (χ2n) is 4.57. The van der Waals surface area contributed by atoms with Crippen LogP contribution in [0.25, 0.3) is 0 Å². The van der Waals surface area contributed by atoms with Crippen molar-refractivity contribution in [2.45, 2.75) is 0 Å². The molecule has 0 fully saturated rings. The van der Waals surface area contributed by atoms with Crippen LogP contribution in [0.1, 0.15) is 9.67 Å². The Balaban J connectivity index is 2.05. The summed E-state index contributed by atoms with van der Waals surface area (Å²) in [6.07, 6.45) is 1.19. The van der Waals surface area contributed by atoms with Crippen LogP contribution in [0.5, 0.6) is 0 Å². The zero-order valence-corrected chi connectivity index (χ0v) is 13.8. The van der Waals surface area contributed by atoms with Crippen molar-refractivity contribution in [3.05, 3.63) is 56.7 Å². The van der Waals surface area contributed by atoms with Gasteiger partial charge < -0.3 is 5.32 Å². The number of carbonyl (C=O) groups excluding carboxylic acids is 1. The average molecular weight is 355 g/mol. The molecule has 5 nitrogen and oxygen atoms in total. The number of hydrogen-bond acceptors (Lipinski definition) is 5. The summed E-state index contributed by atoms with van der Waals surface area (Å²) in [6, 6.07) is 8.50. The van der Waals surface area contributed by atoms with Crippen molar-refractivity contribution in [3.8, 4) is 0 Å². The number of Topliss-reactive ketones (excluding diaryl/α,β-unsaturated/α-hetero) is 1. The lowest BCUT2D eigenvalue weighted by molar-refractivity contribution is 0.104. The average Bonchev–Trinajstić information content (AvgIpc) is 2.96. The van der Waals surface area contributed by atoms with E-state index in [-0.39, 0.29) is 4.91 Å². The zero-order valence-electron chi connectivity index (χ0n) is 11.4. The molecule has 0 saturated carbocycles. The fourth-order valence-corrected chi connectivity index (χ4v) is 4.53. The van der Waals surface area contributed by atoms with E-state index in [1.807, 2.05) is 0 Å². The van der Waals surface area contributed by atoms with Crippen LogP contribution >= 0.6 is 22.9 Å². The maximum absolute atomic E-state index is 12.5. The highest BCUT2D eigenvalue weighted by Gasteiger charge is 2.39. The summed E-state index contributed by atoms with van der Waals surface area (Å²) in [6.45, 7) is 0. The monoisotopic (exact) mass is 354 g/mol. The normalized spacial score (nSPS) is 18.4. The number of nitrogens with zero attached hydrogens (tertiary/aromatic N) is 1. The summed E-state index contributed by atoms with van der Waals surface area (Å²) in [5.74, 6) is -0.511. The summed E-state index contributed by atoms with van der Waals surface area (Å²) in [5.41, 5.74) is 0.934. The number of hydrogen-bond donors (Lipinski definition) is 1. The molecule has 114 valence electrons. The van der Waals surface area contributed by atoms with Gasteiger partial charge in [-0.15, -0.1) is 11.3 Å². The lowest BCUT2D eigenvalue weighted by atomic mass is 10.2. The Morgan fingerprint density at radius 1 is 1.27 bits per heavy atom. The molecule has 0 radical (unpaired) electrons. The molecule has 0 atom stereocenters. The Morgan fingerprint density at radius 3 is 2.73 bits per heavy atom. The van der Waals surface area contributed by atoms with Gasteiger partial charge in [-0.3, -0.25) is 9.10 Å². The van der Waals surface area contributed by atoms with E-state index < -0.39 is 15.8 Å². The quantitative estimate of drug-likeness (QED) is 0.840. The molecule has 2 aromatic rings. The topological polar surface area (TPSA) is 66.5 Å². The van der Waals surface area contributed by atoms with Crippen LogP contribution in [0.4, 0.5) is 11.4 Å². The molecule has 1 aliphatic heterocycles. The minimum Gasteiger partial charge on any atom is -0.359 e. The number of nitrogens with one attached hydrogen (secondary N) is 1. The highest BCUT2D eigenvalue weighted by atomic mass is 35.5. The molecule has 22 heavy (non-hydrogen) atoms. The molecule has 0 saturated heterocycles. The van der Waals surface area contributed by atoms with Crippen LogP contribution in [-0.4, -0.2) is 21.2 Å². The molecule has 1 aromatic carbocycles. The van der Waals surface area contributed by atoms with Crippen LogP contribution < -0.4 is 9.62 Å². The number of anilines is 2. The van der Waals surface area contributed by atoms with Crippen molar-refractivity contribution in [2.24, 2.45) is 0 Å². The molecular weight excluding hydrogens is 344 g/mol. The SMILES string of the molecule is CN1c2ccsc2C(=O)C(=CNc2ccccc2Cl)S1(=O)=O. The number of allylic oxidation sites excluding steroid dienone is 1. The predicted molar refractivity (Wildman–Crippen MR) is 89.1 cm³/mol. The van der Waals surface area contributed by atoms with Gasteiger partial charge in [0, 0.05) is 13.2 Å². The van der Waals surface area contributed by atoms with Gasteiger partial charge in [-0.25, -0.2) is 8.42 Å². The third-order valence-corrected chi connectivity index (χ3v) is 6.29. The summed E-state index contributed by atoms with van der Waals surface area (Å²) >= 11 is 7.22. The number of rotatable bonds is 2. The first kappa shape index (κ1) is 15.1. The molecule has 0 spiro atoms. The number of halogens is 1. The summed E-state index contributed by atoms with van der Waals surface area (Å²) in [4.78, 5) is 12.5. The van der Waals surface area contributed by atoms with Crippen molar-refractivity contribution in [2.75, 3.05) is 16.7 Å². The Morgan fingerprint density at radius 2 is 2.00 bits per heavy atom. The van der Waals surface area contributed by atoms with E-state index in [0.717, 1.165) is 4.31 Å². The first-order chi connectivity index (χ1) is 10.4. The standard InChI is InChI=1S/C14H11ClN2O3S2/c1-17-11-6-7-21-14(11)13(18)12(22(17,19)20)8-16-10-5-3-2-4-9(10)15/h2-8,16H,1H3. The van der Waals surface area contributed by atoms with Gasteiger partial charge in [0.05, 0.1) is 16.4 Å². The Kier molecular flexibility index (Phi) is 3.72. The molecule has 0 aliphatic carbocycles. The Hall–Kier alpha value is -1.83. The number of para-hydroxylation sites is 1. The van der Waals surface area contributed by atoms with E-state index in [4.69, 9.17) is 11.6 Å². The van der Waals surface area contributed by atoms with Crippen molar-refractivity contribution < 1.29 is 13.2 Å². The van der Waals surface area contributed by atoms with Gasteiger partial charge in [-0.05, 0) is 23.6 Å². The summed E-state index contributed by atoms with van der Waals surface area (Å²) in [5, 5.41) is 4.93. The second-order valence-corrected chi connectivity index (χ2v) is 7.83. The lowest BCUT2D eigenvalue weighted by Gasteiger charge is -2.25. The fourth-order valence-electron chi connectivity index (χ4n) is 2.09.